The van der Waals surface area contributed by atoms with Gasteiger partial charge >= 0.3 is 0 Å². The van der Waals surface area contributed by atoms with E-state index in [-0.39, 0.29) is 11.2 Å². The number of aromatic nitrogens is 2. The van der Waals surface area contributed by atoms with Gasteiger partial charge in [-0.1, -0.05) is 17.8 Å². The molecular formula is C18H17N3O3S. The van der Waals surface area contributed by atoms with Crippen molar-refractivity contribution in [3.8, 4) is 11.5 Å². The largest absolute Gasteiger partial charge is 0.486 e. The standard InChI is InChI=1S/C18H17N3O3S/c1-12(25-18-19-11-14-4-2-3-7-21(14)18)17(22)20-13-5-6-15-16(10-13)24-9-8-23-15/h2-7,10-12H,8-9H2,1H3,(H,20,22)/t12-/m1/s1. The number of imidazole rings is 1. The number of fused-ring (bicyclic) bond motifs is 2. The van der Waals surface area contributed by atoms with Crippen LogP contribution in [0.15, 0.2) is 53.9 Å². The zero-order chi connectivity index (χ0) is 17.2. The van der Waals surface area contributed by atoms with E-state index in [1.807, 2.05) is 47.9 Å². The van der Waals surface area contributed by atoms with Crippen molar-refractivity contribution in [3.05, 3.63) is 48.8 Å². The van der Waals surface area contributed by atoms with E-state index >= 15 is 0 Å². The number of hydrogen-bond acceptors (Lipinski definition) is 5. The van der Waals surface area contributed by atoms with Crippen LogP contribution in [0.5, 0.6) is 11.5 Å². The summed E-state index contributed by atoms with van der Waals surface area (Å²) in [7, 11) is 0. The quantitative estimate of drug-likeness (QED) is 0.728. The van der Waals surface area contributed by atoms with Crippen molar-refractivity contribution in [2.24, 2.45) is 0 Å². The minimum Gasteiger partial charge on any atom is -0.486 e. The first-order chi connectivity index (χ1) is 12.2. The normalized spacial score (nSPS) is 14.3. The fraction of sp³-hybridized carbons (Fsp3) is 0.222. The van der Waals surface area contributed by atoms with Crippen molar-refractivity contribution in [1.29, 1.82) is 0 Å². The molecule has 0 fully saturated rings. The van der Waals surface area contributed by atoms with Gasteiger partial charge in [0, 0.05) is 18.0 Å². The molecule has 1 N–H and O–H groups in total. The molecule has 0 aliphatic carbocycles. The van der Waals surface area contributed by atoms with Crippen molar-refractivity contribution >= 4 is 28.9 Å². The summed E-state index contributed by atoms with van der Waals surface area (Å²) in [4.78, 5) is 16.9. The summed E-state index contributed by atoms with van der Waals surface area (Å²) < 4.78 is 13.0. The van der Waals surface area contributed by atoms with Gasteiger partial charge in [0.15, 0.2) is 16.7 Å². The second-order valence-corrected chi connectivity index (χ2v) is 6.95. The van der Waals surface area contributed by atoms with Crippen LogP contribution in [-0.2, 0) is 4.79 Å². The smallest absolute Gasteiger partial charge is 0.237 e. The Bertz CT molecular complexity index is 925. The number of thioether (sulfide) groups is 1. The summed E-state index contributed by atoms with van der Waals surface area (Å²) in [6.07, 6.45) is 3.74. The Labute approximate surface area is 149 Å². The van der Waals surface area contributed by atoms with Gasteiger partial charge in [0.1, 0.15) is 13.2 Å². The number of rotatable bonds is 4. The van der Waals surface area contributed by atoms with E-state index in [1.165, 1.54) is 11.8 Å². The highest BCUT2D eigenvalue weighted by molar-refractivity contribution is 8.00. The topological polar surface area (TPSA) is 64.9 Å². The van der Waals surface area contributed by atoms with E-state index < -0.39 is 0 Å². The van der Waals surface area contributed by atoms with Crippen LogP contribution in [0.1, 0.15) is 6.92 Å². The molecule has 3 heterocycles. The van der Waals surface area contributed by atoms with E-state index in [0.29, 0.717) is 30.4 Å². The zero-order valence-corrected chi connectivity index (χ0v) is 14.5. The third-order valence-electron chi connectivity index (χ3n) is 3.87. The van der Waals surface area contributed by atoms with Crippen LogP contribution in [-0.4, -0.2) is 33.8 Å². The lowest BCUT2D eigenvalue weighted by Crippen LogP contribution is -2.23. The number of benzene rings is 1. The minimum absolute atomic E-state index is 0.0886. The molecule has 0 saturated heterocycles. The maximum absolute atomic E-state index is 12.5. The predicted molar refractivity (Wildman–Crippen MR) is 96.6 cm³/mol. The van der Waals surface area contributed by atoms with E-state index in [1.54, 1.807) is 12.3 Å². The molecule has 25 heavy (non-hydrogen) atoms. The van der Waals surface area contributed by atoms with E-state index in [9.17, 15) is 4.79 Å². The number of carbonyl (C=O) groups excluding carboxylic acids is 1. The Morgan fingerprint density at radius 1 is 1.24 bits per heavy atom. The summed E-state index contributed by atoms with van der Waals surface area (Å²) in [6.45, 7) is 2.93. The molecule has 4 rings (SSSR count). The van der Waals surface area contributed by atoms with Crippen LogP contribution in [0.4, 0.5) is 5.69 Å². The fourth-order valence-corrected chi connectivity index (χ4v) is 3.46. The molecule has 0 radical (unpaired) electrons. The first-order valence-electron chi connectivity index (χ1n) is 8.00. The van der Waals surface area contributed by atoms with Gasteiger partial charge in [0.05, 0.1) is 17.0 Å². The molecule has 7 heteroatoms. The summed E-state index contributed by atoms with van der Waals surface area (Å²) in [6, 6.07) is 11.3. The Morgan fingerprint density at radius 2 is 2.08 bits per heavy atom. The van der Waals surface area contributed by atoms with Crippen LogP contribution in [0.2, 0.25) is 0 Å². The first kappa shape index (κ1) is 15.8. The second kappa shape index (κ2) is 6.68. The molecule has 1 aliphatic rings. The lowest BCUT2D eigenvalue weighted by atomic mass is 10.2. The molecule has 1 amide bonds. The van der Waals surface area contributed by atoms with Crippen molar-refractivity contribution in [1.82, 2.24) is 9.38 Å². The molecule has 1 atom stereocenters. The maximum Gasteiger partial charge on any atom is 0.237 e. The highest BCUT2D eigenvalue weighted by Crippen LogP contribution is 2.33. The molecule has 3 aromatic rings. The molecule has 1 aromatic carbocycles. The number of pyridine rings is 1. The monoisotopic (exact) mass is 355 g/mol. The minimum atomic E-state index is -0.293. The number of amides is 1. The Balaban J connectivity index is 1.45. The predicted octanol–water partition coefficient (Wildman–Crippen LogP) is 3.22. The van der Waals surface area contributed by atoms with Gasteiger partial charge in [0.25, 0.3) is 0 Å². The second-order valence-electron chi connectivity index (χ2n) is 5.64. The van der Waals surface area contributed by atoms with Gasteiger partial charge in [0.2, 0.25) is 5.91 Å². The van der Waals surface area contributed by atoms with Gasteiger partial charge < -0.3 is 14.8 Å². The van der Waals surface area contributed by atoms with Crippen molar-refractivity contribution in [2.75, 3.05) is 18.5 Å². The third kappa shape index (κ3) is 3.28. The first-order valence-corrected chi connectivity index (χ1v) is 8.88. The molecule has 0 unspecified atom stereocenters. The molecule has 0 spiro atoms. The molecule has 0 bridgehead atoms. The van der Waals surface area contributed by atoms with E-state index in [2.05, 4.69) is 10.3 Å². The number of hydrogen-bond donors (Lipinski definition) is 1. The van der Waals surface area contributed by atoms with Gasteiger partial charge in [-0.25, -0.2) is 4.98 Å². The van der Waals surface area contributed by atoms with Crippen molar-refractivity contribution < 1.29 is 14.3 Å². The molecule has 2 aromatic heterocycles. The molecular weight excluding hydrogens is 338 g/mol. The Morgan fingerprint density at radius 3 is 2.96 bits per heavy atom. The number of nitrogens with zero attached hydrogens (tertiary/aromatic N) is 2. The van der Waals surface area contributed by atoms with Crippen molar-refractivity contribution in [3.63, 3.8) is 0 Å². The average molecular weight is 355 g/mol. The molecule has 128 valence electrons. The van der Waals surface area contributed by atoms with Crippen LogP contribution in [0.25, 0.3) is 5.52 Å². The van der Waals surface area contributed by atoms with Crippen molar-refractivity contribution in [2.45, 2.75) is 17.3 Å². The maximum atomic E-state index is 12.5. The Kier molecular flexibility index (Phi) is 4.23. The SMILES string of the molecule is C[C@@H](Sc1ncc2ccccn12)C(=O)Nc1ccc2c(c1)OCCO2. The highest BCUT2D eigenvalue weighted by Gasteiger charge is 2.19. The summed E-state index contributed by atoms with van der Waals surface area (Å²) in [5.74, 6) is 1.27. The number of ether oxygens (including phenoxy) is 2. The van der Waals surface area contributed by atoms with Gasteiger partial charge in [-0.3, -0.25) is 9.20 Å². The number of nitrogens with one attached hydrogen (secondary N) is 1. The molecule has 0 saturated carbocycles. The summed E-state index contributed by atoms with van der Waals surface area (Å²) in [5.41, 5.74) is 1.69. The van der Waals surface area contributed by atoms with E-state index in [4.69, 9.17) is 9.47 Å². The number of anilines is 1. The third-order valence-corrected chi connectivity index (χ3v) is 4.95. The average Bonchev–Trinajstić information content (AvgIpc) is 3.04. The van der Waals surface area contributed by atoms with Gasteiger partial charge in [-0.2, -0.15) is 0 Å². The fourth-order valence-electron chi connectivity index (χ4n) is 2.58. The van der Waals surface area contributed by atoms with Crippen LogP contribution in [0, 0.1) is 0 Å². The van der Waals surface area contributed by atoms with Crippen LogP contribution >= 0.6 is 11.8 Å². The summed E-state index contributed by atoms with van der Waals surface area (Å²) >= 11 is 1.42. The molecule has 1 aliphatic heterocycles. The zero-order valence-electron chi connectivity index (χ0n) is 13.6. The highest BCUT2D eigenvalue weighted by atomic mass is 32.2. The lowest BCUT2D eigenvalue weighted by Gasteiger charge is -2.19. The number of carbonyl (C=O) groups is 1. The van der Waals surface area contributed by atoms with Crippen LogP contribution in [0.3, 0.4) is 0 Å². The Hall–Kier alpha value is -2.67. The molecule has 6 nitrogen and oxygen atoms in total. The summed E-state index contributed by atoms with van der Waals surface area (Å²) in [5, 5.41) is 3.42. The lowest BCUT2D eigenvalue weighted by molar-refractivity contribution is -0.115. The van der Waals surface area contributed by atoms with Crippen LogP contribution < -0.4 is 14.8 Å². The van der Waals surface area contributed by atoms with Gasteiger partial charge in [-0.05, 0) is 31.2 Å². The van der Waals surface area contributed by atoms with E-state index in [0.717, 1.165) is 10.7 Å². The van der Waals surface area contributed by atoms with Gasteiger partial charge in [-0.15, -0.1) is 0 Å².